The lowest BCUT2D eigenvalue weighted by Crippen LogP contribution is -2.27. The van der Waals surface area contributed by atoms with Crippen molar-refractivity contribution in [3.63, 3.8) is 0 Å². The van der Waals surface area contributed by atoms with E-state index in [1.165, 1.54) is 11.8 Å². The first kappa shape index (κ1) is 21.8. The Hall–Kier alpha value is -1.45. The Balaban J connectivity index is 1.77. The highest BCUT2D eigenvalue weighted by Crippen LogP contribution is 2.19. The molecule has 9 heteroatoms. The Morgan fingerprint density at radius 1 is 1.19 bits per heavy atom. The van der Waals surface area contributed by atoms with Gasteiger partial charge in [-0.15, -0.1) is 0 Å². The molecule has 0 aliphatic heterocycles. The molecule has 144 valence electrons. The lowest BCUT2D eigenvalue weighted by molar-refractivity contribution is -0.116. The zero-order valence-electron chi connectivity index (χ0n) is 14.8. The topological polar surface area (TPSA) is 84.0 Å². The van der Waals surface area contributed by atoms with Gasteiger partial charge >= 0.3 is 0 Å². The maximum atomic E-state index is 12.3. The van der Waals surface area contributed by atoms with Gasteiger partial charge in [0.2, 0.25) is 5.91 Å². The summed E-state index contributed by atoms with van der Waals surface area (Å²) in [7, 11) is 0. The molecule has 0 atom stereocenters. The van der Waals surface area contributed by atoms with Crippen LogP contribution in [0.3, 0.4) is 0 Å². The second kappa shape index (κ2) is 11.4. The molecule has 1 aromatic heterocycles. The number of carbonyl (C=O) groups is 2. The number of aromatic nitrogens is 2. The maximum absolute atomic E-state index is 12.3. The van der Waals surface area contributed by atoms with Crippen LogP contribution in [0.15, 0.2) is 44.6 Å². The first-order valence-electron chi connectivity index (χ1n) is 8.48. The number of amides is 2. The van der Waals surface area contributed by atoms with E-state index in [-0.39, 0.29) is 11.8 Å². The highest BCUT2D eigenvalue weighted by atomic mass is 79.9. The van der Waals surface area contributed by atoms with Crippen molar-refractivity contribution in [3.05, 3.63) is 45.1 Å². The van der Waals surface area contributed by atoms with Gasteiger partial charge < -0.3 is 10.6 Å². The monoisotopic (exact) mass is 514 g/mol. The normalized spacial score (nSPS) is 10.5. The molecule has 0 spiro atoms. The van der Waals surface area contributed by atoms with Crippen molar-refractivity contribution in [2.75, 3.05) is 17.6 Å². The molecule has 2 aromatic rings. The molecule has 0 radical (unpaired) electrons. The van der Waals surface area contributed by atoms with Crippen LogP contribution in [0.5, 0.6) is 0 Å². The summed E-state index contributed by atoms with van der Waals surface area (Å²) in [6, 6.07) is 7.37. The maximum Gasteiger partial charge on any atom is 0.271 e. The van der Waals surface area contributed by atoms with E-state index in [9.17, 15) is 9.59 Å². The lowest BCUT2D eigenvalue weighted by atomic mass is 10.2. The van der Waals surface area contributed by atoms with Gasteiger partial charge in [0.1, 0.15) is 5.69 Å². The van der Waals surface area contributed by atoms with Gasteiger partial charge in [0.15, 0.2) is 5.16 Å². The fourth-order valence-electron chi connectivity index (χ4n) is 2.06. The van der Waals surface area contributed by atoms with Crippen LogP contribution in [-0.4, -0.2) is 34.1 Å². The van der Waals surface area contributed by atoms with Crippen molar-refractivity contribution in [2.45, 2.75) is 31.3 Å². The summed E-state index contributed by atoms with van der Waals surface area (Å²) in [5.41, 5.74) is 1.05. The number of anilines is 1. The average molecular weight is 516 g/mol. The minimum atomic E-state index is -0.282. The second-order valence-corrected chi connectivity index (χ2v) is 8.44. The number of benzene rings is 1. The van der Waals surface area contributed by atoms with E-state index in [0.29, 0.717) is 34.7 Å². The van der Waals surface area contributed by atoms with Gasteiger partial charge in [-0.3, -0.25) is 9.59 Å². The van der Waals surface area contributed by atoms with E-state index in [1.54, 1.807) is 6.20 Å². The predicted molar refractivity (Wildman–Crippen MR) is 115 cm³/mol. The van der Waals surface area contributed by atoms with E-state index in [0.717, 1.165) is 22.3 Å². The van der Waals surface area contributed by atoms with E-state index in [4.69, 9.17) is 0 Å². The fourth-order valence-corrected chi connectivity index (χ4v) is 3.37. The van der Waals surface area contributed by atoms with Gasteiger partial charge in [0.25, 0.3) is 5.91 Å². The molecule has 1 heterocycles. The molecule has 27 heavy (non-hydrogen) atoms. The van der Waals surface area contributed by atoms with E-state index < -0.39 is 0 Å². The number of hydrogen-bond donors (Lipinski definition) is 2. The van der Waals surface area contributed by atoms with Gasteiger partial charge in [-0.2, -0.15) is 0 Å². The Kier molecular flexibility index (Phi) is 9.23. The van der Waals surface area contributed by atoms with Crippen molar-refractivity contribution < 1.29 is 9.59 Å². The standard InChI is InChI=1S/C18H20Br2N4O2S/c1-2-10-27-18-22-11-14(20)16(24-18)17(26)21-9-3-4-15(25)23-13-7-5-12(19)6-8-13/h5-8,11H,2-4,9-10H2,1H3,(H,21,26)(H,23,25). The molecule has 2 N–H and O–H groups in total. The number of rotatable bonds is 9. The minimum Gasteiger partial charge on any atom is -0.351 e. The molecule has 0 aliphatic rings. The summed E-state index contributed by atoms with van der Waals surface area (Å²) < 4.78 is 1.50. The summed E-state index contributed by atoms with van der Waals surface area (Å²) in [5, 5.41) is 6.20. The van der Waals surface area contributed by atoms with Gasteiger partial charge in [-0.25, -0.2) is 9.97 Å². The molecule has 0 saturated carbocycles. The second-order valence-electron chi connectivity index (χ2n) is 5.61. The molecule has 0 bridgehead atoms. The molecular weight excluding hydrogens is 496 g/mol. The van der Waals surface area contributed by atoms with E-state index in [1.807, 2.05) is 24.3 Å². The van der Waals surface area contributed by atoms with E-state index in [2.05, 4.69) is 59.4 Å². The summed E-state index contributed by atoms with van der Waals surface area (Å²) in [4.78, 5) is 32.7. The molecule has 0 fully saturated rings. The van der Waals surface area contributed by atoms with Crippen molar-refractivity contribution >= 4 is 61.1 Å². The molecular formula is C18H20Br2N4O2S. The SMILES string of the molecule is CCCSc1ncc(Br)c(C(=O)NCCCC(=O)Nc2ccc(Br)cc2)n1. The predicted octanol–water partition coefficient (Wildman–Crippen LogP) is 4.65. The highest BCUT2D eigenvalue weighted by Gasteiger charge is 2.14. The van der Waals surface area contributed by atoms with Crippen molar-refractivity contribution in [1.82, 2.24) is 15.3 Å². The number of thioether (sulfide) groups is 1. The average Bonchev–Trinajstić information content (AvgIpc) is 2.66. The van der Waals surface area contributed by atoms with Crippen LogP contribution in [0.2, 0.25) is 0 Å². The van der Waals surface area contributed by atoms with Crippen LogP contribution < -0.4 is 10.6 Å². The van der Waals surface area contributed by atoms with Crippen molar-refractivity contribution in [1.29, 1.82) is 0 Å². The molecule has 0 saturated heterocycles. The Bertz CT molecular complexity index is 787. The molecule has 6 nitrogen and oxygen atoms in total. The summed E-state index contributed by atoms with van der Waals surface area (Å²) in [6.45, 7) is 2.47. The fraction of sp³-hybridized carbons (Fsp3) is 0.333. The van der Waals surface area contributed by atoms with Crippen LogP contribution >= 0.6 is 43.6 Å². The van der Waals surface area contributed by atoms with Crippen LogP contribution in [0, 0.1) is 0 Å². The lowest BCUT2D eigenvalue weighted by Gasteiger charge is -2.08. The van der Waals surface area contributed by atoms with Crippen LogP contribution in [-0.2, 0) is 4.79 Å². The number of carbonyl (C=O) groups excluding carboxylic acids is 2. The molecule has 0 aliphatic carbocycles. The highest BCUT2D eigenvalue weighted by molar-refractivity contribution is 9.10. The van der Waals surface area contributed by atoms with Crippen LogP contribution in [0.1, 0.15) is 36.7 Å². The van der Waals surface area contributed by atoms with Crippen molar-refractivity contribution in [2.24, 2.45) is 0 Å². The van der Waals surface area contributed by atoms with E-state index >= 15 is 0 Å². The largest absolute Gasteiger partial charge is 0.351 e. The number of hydrogen-bond acceptors (Lipinski definition) is 5. The van der Waals surface area contributed by atoms with Gasteiger partial charge in [0, 0.05) is 35.1 Å². The van der Waals surface area contributed by atoms with Crippen LogP contribution in [0.4, 0.5) is 5.69 Å². The third-order valence-electron chi connectivity index (χ3n) is 3.37. The molecule has 1 aromatic carbocycles. The summed E-state index contributed by atoms with van der Waals surface area (Å²) in [6.07, 6.45) is 3.45. The zero-order valence-corrected chi connectivity index (χ0v) is 18.8. The Morgan fingerprint density at radius 3 is 2.63 bits per heavy atom. The third-order valence-corrected chi connectivity index (χ3v) is 5.54. The van der Waals surface area contributed by atoms with Gasteiger partial charge in [-0.1, -0.05) is 34.6 Å². The smallest absolute Gasteiger partial charge is 0.271 e. The molecule has 2 amide bonds. The molecule has 0 unspecified atom stereocenters. The van der Waals surface area contributed by atoms with Crippen LogP contribution in [0.25, 0.3) is 0 Å². The Labute approximate surface area is 179 Å². The zero-order chi connectivity index (χ0) is 19.6. The van der Waals surface area contributed by atoms with Crippen molar-refractivity contribution in [3.8, 4) is 0 Å². The quantitative estimate of drug-likeness (QED) is 0.288. The Morgan fingerprint density at radius 2 is 1.93 bits per heavy atom. The minimum absolute atomic E-state index is 0.0898. The molecule has 2 rings (SSSR count). The number of halogens is 2. The first-order valence-corrected chi connectivity index (χ1v) is 11.1. The summed E-state index contributed by atoms with van der Waals surface area (Å²) >= 11 is 8.18. The number of nitrogens with zero attached hydrogens (tertiary/aromatic N) is 2. The third kappa shape index (κ3) is 7.59. The van der Waals surface area contributed by atoms with Gasteiger partial charge in [-0.05, 0) is 53.0 Å². The number of nitrogens with one attached hydrogen (secondary N) is 2. The summed E-state index contributed by atoms with van der Waals surface area (Å²) in [5.74, 6) is 0.528. The van der Waals surface area contributed by atoms with Gasteiger partial charge in [0.05, 0.1) is 4.47 Å². The first-order chi connectivity index (χ1) is 13.0.